The molecule has 0 aromatic heterocycles. The largest absolute Gasteiger partial charge is 0.497 e. The number of benzene rings is 1. The number of nitriles is 1. The van der Waals surface area contributed by atoms with E-state index in [1.54, 1.807) is 7.11 Å². The maximum atomic E-state index is 8.55. The number of nitrogens with one attached hydrogen (secondary N) is 1. The minimum atomic E-state index is 0.229. The van der Waals surface area contributed by atoms with Crippen molar-refractivity contribution in [2.75, 3.05) is 20.3 Å². The summed E-state index contributed by atoms with van der Waals surface area (Å²) in [6, 6.07) is 8.24. The first-order chi connectivity index (χ1) is 9.72. The Morgan fingerprint density at radius 1 is 1.40 bits per heavy atom. The monoisotopic (exact) mass is 276 g/mol. The maximum Gasteiger partial charge on any atom is 0.127 e. The summed E-state index contributed by atoms with van der Waals surface area (Å²) in [6.07, 6.45) is 2.35. The van der Waals surface area contributed by atoms with E-state index in [4.69, 9.17) is 14.7 Å². The summed E-state index contributed by atoms with van der Waals surface area (Å²) in [6.45, 7) is 5.79. The molecule has 0 saturated carbocycles. The van der Waals surface area contributed by atoms with Crippen LogP contribution in [0.25, 0.3) is 0 Å². The average molecular weight is 276 g/mol. The van der Waals surface area contributed by atoms with Gasteiger partial charge in [-0.15, -0.1) is 0 Å². The zero-order valence-corrected chi connectivity index (χ0v) is 12.6. The Balaban J connectivity index is 2.77. The second-order valence-electron chi connectivity index (χ2n) is 4.69. The van der Waals surface area contributed by atoms with Gasteiger partial charge < -0.3 is 14.8 Å². The van der Waals surface area contributed by atoms with E-state index in [-0.39, 0.29) is 6.04 Å². The fraction of sp³-hybridized carbons (Fsp3) is 0.562. The van der Waals surface area contributed by atoms with E-state index in [1.165, 1.54) is 0 Å². The molecule has 0 heterocycles. The summed E-state index contributed by atoms with van der Waals surface area (Å²) in [5.41, 5.74) is 1.12. The highest BCUT2D eigenvalue weighted by atomic mass is 16.5. The van der Waals surface area contributed by atoms with Crippen molar-refractivity contribution in [1.82, 2.24) is 5.32 Å². The Labute approximate surface area is 121 Å². The summed E-state index contributed by atoms with van der Waals surface area (Å²) in [5.74, 6) is 1.62. The standard InChI is InChI=1S/C16H24N2O2/c1-4-10-18-13(2)15-8-7-14(19-3)12-16(15)20-11-6-5-9-17/h7-8,12-13,18H,4-6,10-11H2,1-3H3. The predicted octanol–water partition coefficient (Wildman–Crippen LogP) is 3.44. The van der Waals surface area contributed by atoms with Gasteiger partial charge in [0.1, 0.15) is 11.5 Å². The highest BCUT2D eigenvalue weighted by Crippen LogP contribution is 2.29. The fourth-order valence-electron chi connectivity index (χ4n) is 1.93. The van der Waals surface area contributed by atoms with E-state index in [1.807, 2.05) is 18.2 Å². The minimum Gasteiger partial charge on any atom is -0.497 e. The maximum absolute atomic E-state index is 8.55. The first kappa shape index (κ1) is 16.3. The Morgan fingerprint density at radius 2 is 2.20 bits per heavy atom. The zero-order valence-electron chi connectivity index (χ0n) is 12.6. The van der Waals surface area contributed by atoms with Crippen LogP contribution in [0.5, 0.6) is 11.5 Å². The Kier molecular flexibility index (Phi) is 7.52. The lowest BCUT2D eigenvalue weighted by molar-refractivity contribution is 0.303. The summed E-state index contributed by atoms with van der Waals surface area (Å²) in [4.78, 5) is 0. The van der Waals surface area contributed by atoms with Crippen LogP contribution in [0.4, 0.5) is 0 Å². The van der Waals surface area contributed by atoms with Crippen LogP contribution in [0.1, 0.15) is 44.7 Å². The Bertz CT molecular complexity index is 441. The molecule has 4 heteroatoms. The van der Waals surface area contributed by atoms with Crippen LogP contribution in [0.2, 0.25) is 0 Å². The first-order valence-electron chi connectivity index (χ1n) is 7.14. The molecular formula is C16H24N2O2. The van der Waals surface area contributed by atoms with E-state index in [9.17, 15) is 0 Å². The van der Waals surface area contributed by atoms with Crippen LogP contribution < -0.4 is 14.8 Å². The molecule has 0 aliphatic rings. The van der Waals surface area contributed by atoms with E-state index in [0.717, 1.165) is 36.4 Å². The van der Waals surface area contributed by atoms with Gasteiger partial charge in [0.05, 0.1) is 19.8 Å². The van der Waals surface area contributed by atoms with Crippen molar-refractivity contribution >= 4 is 0 Å². The number of rotatable bonds is 9. The molecule has 0 bridgehead atoms. The molecule has 0 spiro atoms. The summed E-state index contributed by atoms with van der Waals surface area (Å²) in [5, 5.41) is 12.0. The van der Waals surface area contributed by atoms with Crippen LogP contribution in [0.3, 0.4) is 0 Å². The zero-order chi connectivity index (χ0) is 14.8. The highest BCUT2D eigenvalue weighted by molar-refractivity contribution is 5.42. The fourth-order valence-corrected chi connectivity index (χ4v) is 1.93. The quantitative estimate of drug-likeness (QED) is 0.702. The summed E-state index contributed by atoms with van der Waals surface area (Å²) < 4.78 is 11.1. The molecule has 1 N–H and O–H groups in total. The Morgan fingerprint density at radius 3 is 2.85 bits per heavy atom. The molecule has 1 unspecified atom stereocenters. The lowest BCUT2D eigenvalue weighted by Gasteiger charge is -2.19. The van der Waals surface area contributed by atoms with Gasteiger partial charge in [0.15, 0.2) is 0 Å². The van der Waals surface area contributed by atoms with Crippen molar-refractivity contribution in [1.29, 1.82) is 5.26 Å². The smallest absolute Gasteiger partial charge is 0.127 e. The number of unbranched alkanes of at least 4 members (excludes halogenated alkanes) is 1. The number of hydrogen-bond donors (Lipinski definition) is 1. The van der Waals surface area contributed by atoms with Crippen molar-refractivity contribution in [3.8, 4) is 17.6 Å². The number of nitrogens with zero attached hydrogens (tertiary/aromatic N) is 1. The Hall–Kier alpha value is -1.73. The number of hydrogen-bond acceptors (Lipinski definition) is 4. The van der Waals surface area contributed by atoms with Crippen LogP contribution >= 0.6 is 0 Å². The topological polar surface area (TPSA) is 54.3 Å². The SMILES string of the molecule is CCCNC(C)c1ccc(OC)cc1OCCCC#N. The normalized spacial score (nSPS) is 11.7. The van der Waals surface area contributed by atoms with Crippen molar-refractivity contribution in [2.24, 2.45) is 0 Å². The molecule has 1 aromatic rings. The lowest BCUT2D eigenvalue weighted by atomic mass is 10.1. The molecule has 1 rings (SSSR count). The van der Waals surface area contributed by atoms with Crippen LogP contribution in [-0.4, -0.2) is 20.3 Å². The molecule has 1 aromatic carbocycles. The minimum absolute atomic E-state index is 0.229. The van der Waals surface area contributed by atoms with Gasteiger partial charge in [0.25, 0.3) is 0 Å². The van der Waals surface area contributed by atoms with Gasteiger partial charge in [-0.25, -0.2) is 0 Å². The molecule has 0 fully saturated rings. The van der Waals surface area contributed by atoms with Gasteiger partial charge in [-0.2, -0.15) is 5.26 Å². The first-order valence-corrected chi connectivity index (χ1v) is 7.14. The van der Waals surface area contributed by atoms with Crippen molar-refractivity contribution in [3.63, 3.8) is 0 Å². The van der Waals surface area contributed by atoms with E-state index in [0.29, 0.717) is 13.0 Å². The molecule has 0 aliphatic carbocycles. The third-order valence-corrected chi connectivity index (χ3v) is 3.08. The molecular weight excluding hydrogens is 252 g/mol. The molecule has 0 saturated heterocycles. The molecule has 0 radical (unpaired) electrons. The van der Waals surface area contributed by atoms with Gasteiger partial charge in [0, 0.05) is 24.1 Å². The third-order valence-electron chi connectivity index (χ3n) is 3.08. The lowest BCUT2D eigenvalue weighted by Crippen LogP contribution is -2.20. The van der Waals surface area contributed by atoms with Gasteiger partial charge >= 0.3 is 0 Å². The van der Waals surface area contributed by atoms with Gasteiger partial charge in [-0.05, 0) is 32.4 Å². The molecule has 20 heavy (non-hydrogen) atoms. The van der Waals surface area contributed by atoms with E-state index < -0.39 is 0 Å². The van der Waals surface area contributed by atoms with Gasteiger partial charge in [-0.1, -0.05) is 13.0 Å². The molecule has 4 nitrogen and oxygen atoms in total. The van der Waals surface area contributed by atoms with Gasteiger partial charge in [-0.3, -0.25) is 0 Å². The second kappa shape index (κ2) is 9.22. The van der Waals surface area contributed by atoms with Gasteiger partial charge in [0.2, 0.25) is 0 Å². The van der Waals surface area contributed by atoms with E-state index in [2.05, 4.69) is 25.2 Å². The predicted molar refractivity (Wildman–Crippen MR) is 80.0 cm³/mol. The molecule has 0 amide bonds. The number of methoxy groups -OCH3 is 1. The van der Waals surface area contributed by atoms with E-state index >= 15 is 0 Å². The van der Waals surface area contributed by atoms with Crippen LogP contribution in [0.15, 0.2) is 18.2 Å². The molecule has 110 valence electrons. The van der Waals surface area contributed by atoms with Crippen LogP contribution in [0, 0.1) is 11.3 Å². The average Bonchev–Trinajstić information content (AvgIpc) is 2.49. The number of ether oxygens (including phenoxy) is 2. The highest BCUT2D eigenvalue weighted by Gasteiger charge is 2.12. The summed E-state index contributed by atoms with van der Waals surface area (Å²) >= 11 is 0. The van der Waals surface area contributed by atoms with Crippen molar-refractivity contribution in [2.45, 2.75) is 39.2 Å². The van der Waals surface area contributed by atoms with Crippen molar-refractivity contribution in [3.05, 3.63) is 23.8 Å². The third kappa shape index (κ3) is 5.10. The molecule has 0 aliphatic heterocycles. The summed E-state index contributed by atoms with van der Waals surface area (Å²) in [7, 11) is 1.65. The van der Waals surface area contributed by atoms with Crippen molar-refractivity contribution < 1.29 is 9.47 Å². The second-order valence-corrected chi connectivity index (χ2v) is 4.69. The molecule has 1 atom stereocenters. The van der Waals surface area contributed by atoms with Crippen LogP contribution in [-0.2, 0) is 0 Å².